The van der Waals surface area contributed by atoms with E-state index in [1.807, 2.05) is 6.92 Å². The average Bonchev–Trinajstić information content (AvgIpc) is 2.10. The Morgan fingerprint density at radius 2 is 2.00 bits per heavy atom. The van der Waals surface area contributed by atoms with Crippen molar-refractivity contribution >= 4 is 5.78 Å². The molecule has 1 rings (SSSR count). The van der Waals surface area contributed by atoms with E-state index in [0.29, 0.717) is 11.8 Å². The molecule has 2 unspecified atom stereocenters. The first-order valence-electron chi connectivity index (χ1n) is 5.70. The van der Waals surface area contributed by atoms with Crippen LogP contribution in [0.1, 0.15) is 41.0 Å². The highest BCUT2D eigenvalue weighted by Gasteiger charge is 2.32. The molecule has 2 atom stereocenters. The van der Waals surface area contributed by atoms with Gasteiger partial charge in [-0.1, -0.05) is 39.0 Å². The topological polar surface area (TPSA) is 17.1 Å². The third kappa shape index (κ3) is 2.80. The van der Waals surface area contributed by atoms with Gasteiger partial charge >= 0.3 is 0 Å². The lowest BCUT2D eigenvalue weighted by molar-refractivity contribution is -0.113. The first kappa shape index (κ1) is 12.2. The summed E-state index contributed by atoms with van der Waals surface area (Å²) in [5.74, 6) is 1.20. The van der Waals surface area contributed by atoms with Crippen LogP contribution in [0.5, 0.6) is 0 Å². The van der Waals surface area contributed by atoms with Crippen LogP contribution in [0.15, 0.2) is 23.8 Å². The first-order chi connectivity index (χ1) is 6.84. The van der Waals surface area contributed by atoms with E-state index in [2.05, 4.69) is 39.0 Å². The monoisotopic (exact) mass is 206 g/mol. The molecule has 0 fully saturated rings. The maximum Gasteiger partial charge on any atom is 0.155 e. The van der Waals surface area contributed by atoms with Gasteiger partial charge in [-0.05, 0) is 43.1 Å². The summed E-state index contributed by atoms with van der Waals surface area (Å²) in [5, 5.41) is 0. The summed E-state index contributed by atoms with van der Waals surface area (Å²) in [6, 6.07) is 0. The molecule has 0 aromatic heterocycles. The fourth-order valence-electron chi connectivity index (χ4n) is 2.32. The van der Waals surface area contributed by atoms with Crippen LogP contribution >= 0.6 is 0 Å². The molecule has 0 heterocycles. The standard InChI is InChI=1S/C14H22O/c1-10-7-6-8-14(4,5)13(10)9-11(2)12(3)15/h6-7,9-10,13H,8H2,1-5H3/b11-9+. The lowest BCUT2D eigenvalue weighted by Gasteiger charge is -2.38. The van der Waals surface area contributed by atoms with E-state index < -0.39 is 0 Å². The Kier molecular flexibility index (Phi) is 3.54. The van der Waals surface area contributed by atoms with Crippen molar-refractivity contribution in [3.63, 3.8) is 0 Å². The highest BCUT2D eigenvalue weighted by molar-refractivity contribution is 5.92. The van der Waals surface area contributed by atoms with E-state index in [-0.39, 0.29) is 11.2 Å². The van der Waals surface area contributed by atoms with Crippen molar-refractivity contribution in [2.45, 2.75) is 41.0 Å². The quantitative estimate of drug-likeness (QED) is 0.496. The molecule has 1 aliphatic carbocycles. The Labute approximate surface area is 93.3 Å². The molecule has 0 spiro atoms. The van der Waals surface area contributed by atoms with Crippen LogP contribution in [-0.4, -0.2) is 5.78 Å². The van der Waals surface area contributed by atoms with Crippen molar-refractivity contribution in [3.8, 4) is 0 Å². The van der Waals surface area contributed by atoms with Gasteiger partial charge in [0.05, 0.1) is 0 Å². The fraction of sp³-hybridized carbons (Fsp3) is 0.643. The van der Waals surface area contributed by atoms with E-state index in [1.54, 1.807) is 6.92 Å². The predicted octanol–water partition coefficient (Wildman–Crippen LogP) is 3.76. The molecule has 1 aliphatic rings. The summed E-state index contributed by atoms with van der Waals surface area (Å²) in [7, 11) is 0. The van der Waals surface area contributed by atoms with Crippen LogP contribution < -0.4 is 0 Å². The molecule has 1 heteroatoms. The largest absolute Gasteiger partial charge is 0.295 e. The average molecular weight is 206 g/mol. The minimum Gasteiger partial charge on any atom is -0.295 e. The number of carbonyl (C=O) groups is 1. The maximum atomic E-state index is 11.2. The summed E-state index contributed by atoms with van der Waals surface area (Å²) in [4.78, 5) is 11.2. The fourth-order valence-corrected chi connectivity index (χ4v) is 2.32. The second-order valence-electron chi connectivity index (χ2n) is 5.41. The van der Waals surface area contributed by atoms with E-state index in [0.717, 1.165) is 12.0 Å². The van der Waals surface area contributed by atoms with Crippen LogP contribution in [0.2, 0.25) is 0 Å². The van der Waals surface area contributed by atoms with Crippen LogP contribution in [0.3, 0.4) is 0 Å². The number of carbonyl (C=O) groups excluding carboxylic acids is 1. The highest BCUT2D eigenvalue weighted by atomic mass is 16.1. The van der Waals surface area contributed by atoms with E-state index in [4.69, 9.17) is 0 Å². The van der Waals surface area contributed by atoms with Gasteiger partial charge < -0.3 is 0 Å². The van der Waals surface area contributed by atoms with Gasteiger partial charge in [0.2, 0.25) is 0 Å². The zero-order chi connectivity index (χ0) is 11.6. The molecule has 15 heavy (non-hydrogen) atoms. The van der Waals surface area contributed by atoms with Gasteiger partial charge in [0, 0.05) is 0 Å². The van der Waals surface area contributed by atoms with E-state index >= 15 is 0 Å². The number of Topliss-reactive ketones (excluding diaryl/α,β-unsaturated/α-hetero) is 1. The van der Waals surface area contributed by atoms with Gasteiger partial charge in [-0.15, -0.1) is 0 Å². The minimum atomic E-state index is 0.188. The Morgan fingerprint density at radius 1 is 1.40 bits per heavy atom. The summed E-state index contributed by atoms with van der Waals surface area (Å²) in [6.45, 7) is 10.3. The second kappa shape index (κ2) is 4.34. The van der Waals surface area contributed by atoms with Crippen LogP contribution in [0.25, 0.3) is 0 Å². The van der Waals surface area contributed by atoms with Crippen LogP contribution in [0, 0.1) is 17.3 Å². The molecule has 84 valence electrons. The minimum absolute atomic E-state index is 0.188. The number of ketones is 1. The van der Waals surface area contributed by atoms with Gasteiger partial charge in [-0.3, -0.25) is 4.79 Å². The maximum absolute atomic E-state index is 11.2. The molecular formula is C14H22O. The zero-order valence-corrected chi connectivity index (χ0v) is 10.5. The Hall–Kier alpha value is -0.850. The molecule has 0 saturated carbocycles. The summed E-state index contributed by atoms with van der Waals surface area (Å²) in [5.41, 5.74) is 1.17. The van der Waals surface area contributed by atoms with E-state index in [9.17, 15) is 4.79 Å². The van der Waals surface area contributed by atoms with Crippen molar-refractivity contribution < 1.29 is 4.79 Å². The molecule has 0 bridgehead atoms. The highest BCUT2D eigenvalue weighted by Crippen LogP contribution is 2.41. The lowest BCUT2D eigenvalue weighted by atomic mass is 9.66. The van der Waals surface area contributed by atoms with Crippen molar-refractivity contribution in [3.05, 3.63) is 23.8 Å². The Balaban J connectivity index is 2.96. The molecule has 0 N–H and O–H groups in total. The smallest absolute Gasteiger partial charge is 0.155 e. The van der Waals surface area contributed by atoms with Gasteiger partial charge in [0.1, 0.15) is 0 Å². The van der Waals surface area contributed by atoms with Gasteiger partial charge in [-0.25, -0.2) is 0 Å². The molecule has 0 aromatic rings. The third-order valence-electron chi connectivity index (χ3n) is 3.54. The Morgan fingerprint density at radius 3 is 2.47 bits per heavy atom. The second-order valence-corrected chi connectivity index (χ2v) is 5.41. The van der Waals surface area contributed by atoms with Gasteiger partial charge in [0.15, 0.2) is 5.78 Å². The zero-order valence-electron chi connectivity index (χ0n) is 10.5. The number of rotatable bonds is 2. The third-order valence-corrected chi connectivity index (χ3v) is 3.54. The molecule has 0 aromatic carbocycles. The molecule has 0 radical (unpaired) electrons. The van der Waals surface area contributed by atoms with Crippen LogP contribution in [0.4, 0.5) is 0 Å². The van der Waals surface area contributed by atoms with Gasteiger partial charge in [0.25, 0.3) is 0 Å². The Bertz CT molecular complexity index is 307. The molecular weight excluding hydrogens is 184 g/mol. The molecule has 0 amide bonds. The number of hydrogen-bond donors (Lipinski definition) is 0. The lowest BCUT2D eigenvalue weighted by Crippen LogP contribution is -2.30. The summed E-state index contributed by atoms with van der Waals surface area (Å²) < 4.78 is 0. The van der Waals surface area contributed by atoms with Crippen LogP contribution in [-0.2, 0) is 4.79 Å². The van der Waals surface area contributed by atoms with Crippen molar-refractivity contribution in [1.82, 2.24) is 0 Å². The molecule has 0 saturated heterocycles. The number of hydrogen-bond acceptors (Lipinski definition) is 1. The molecule has 0 aliphatic heterocycles. The van der Waals surface area contributed by atoms with Crippen molar-refractivity contribution in [1.29, 1.82) is 0 Å². The first-order valence-corrected chi connectivity index (χ1v) is 5.70. The predicted molar refractivity (Wildman–Crippen MR) is 64.6 cm³/mol. The van der Waals surface area contributed by atoms with Gasteiger partial charge in [-0.2, -0.15) is 0 Å². The molecule has 1 nitrogen and oxygen atoms in total. The SMILES string of the molecule is CC(=O)/C(C)=C/C1C(C)C=CCC1(C)C. The van der Waals surface area contributed by atoms with Crippen molar-refractivity contribution in [2.24, 2.45) is 17.3 Å². The van der Waals surface area contributed by atoms with E-state index in [1.165, 1.54) is 0 Å². The number of allylic oxidation sites excluding steroid dienone is 4. The summed E-state index contributed by atoms with van der Waals surface area (Å²) >= 11 is 0. The summed E-state index contributed by atoms with van der Waals surface area (Å²) in [6.07, 6.45) is 7.79. The normalized spacial score (nSPS) is 30.3. The van der Waals surface area contributed by atoms with Crippen molar-refractivity contribution in [2.75, 3.05) is 0 Å².